The molecule has 3 aromatic rings. The van der Waals surface area contributed by atoms with E-state index in [0.29, 0.717) is 12.8 Å². The van der Waals surface area contributed by atoms with Crippen LogP contribution < -0.4 is 11.1 Å². The van der Waals surface area contributed by atoms with E-state index in [9.17, 15) is 4.79 Å². The molecule has 1 atom stereocenters. The molecule has 0 fully saturated rings. The third-order valence-electron chi connectivity index (χ3n) is 5.28. The number of carbonyl (C=O) groups is 1. The molecule has 0 bridgehead atoms. The van der Waals surface area contributed by atoms with E-state index in [4.69, 9.17) is 5.73 Å². The number of fused-ring (bicyclic) bond motifs is 1. The summed E-state index contributed by atoms with van der Waals surface area (Å²) in [5, 5.41) is 3.01. The lowest BCUT2D eigenvalue weighted by Crippen LogP contribution is -2.54. The molecule has 0 aliphatic heterocycles. The SMILES string of the molecule is NC1(C(=O)Nc2ccc(SCc3ccccc3)cc2)CCc2ccccc2C1. The topological polar surface area (TPSA) is 55.1 Å². The number of thioether (sulfide) groups is 1. The van der Waals surface area contributed by atoms with Crippen molar-refractivity contribution in [1.29, 1.82) is 0 Å². The summed E-state index contributed by atoms with van der Waals surface area (Å²) in [6.45, 7) is 0. The normalized spacial score (nSPS) is 18.3. The molecule has 3 aromatic carbocycles. The van der Waals surface area contributed by atoms with Crippen molar-refractivity contribution in [3.8, 4) is 0 Å². The zero-order valence-electron chi connectivity index (χ0n) is 15.7. The second-order valence-electron chi connectivity index (χ2n) is 7.35. The minimum absolute atomic E-state index is 0.105. The molecule has 0 heterocycles. The first-order valence-electron chi connectivity index (χ1n) is 9.56. The molecular formula is C24H24N2OS. The first-order valence-corrected chi connectivity index (χ1v) is 10.5. The predicted octanol–water partition coefficient (Wildman–Crippen LogP) is 4.80. The van der Waals surface area contributed by atoms with Gasteiger partial charge in [0, 0.05) is 16.3 Å². The number of aryl methyl sites for hydroxylation is 1. The Bertz CT molecular complexity index is 956. The van der Waals surface area contributed by atoms with E-state index in [1.807, 2.05) is 42.5 Å². The van der Waals surface area contributed by atoms with Gasteiger partial charge in [0.2, 0.25) is 5.91 Å². The van der Waals surface area contributed by atoms with Crippen LogP contribution in [0.5, 0.6) is 0 Å². The van der Waals surface area contributed by atoms with Gasteiger partial charge in [0.1, 0.15) is 5.54 Å². The summed E-state index contributed by atoms with van der Waals surface area (Å²) >= 11 is 1.78. The fourth-order valence-electron chi connectivity index (χ4n) is 3.58. The first kappa shape index (κ1) is 18.8. The molecule has 0 saturated carbocycles. The maximum atomic E-state index is 12.9. The number of amides is 1. The number of hydrogen-bond donors (Lipinski definition) is 2. The van der Waals surface area contributed by atoms with E-state index in [0.717, 1.165) is 17.9 Å². The Morgan fingerprint density at radius 2 is 1.61 bits per heavy atom. The molecule has 1 aliphatic carbocycles. The number of rotatable bonds is 5. The van der Waals surface area contributed by atoms with Gasteiger partial charge in [-0.1, -0.05) is 54.6 Å². The highest BCUT2D eigenvalue weighted by atomic mass is 32.2. The maximum Gasteiger partial charge on any atom is 0.244 e. The average molecular weight is 389 g/mol. The van der Waals surface area contributed by atoms with Crippen LogP contribution >= 0.6 is 11.8 Å². The van der Waals surface area contributed by atoms with Crippen LogP contribution in [0.2, 0.25) is 0 Å². The van der Waals surface area contributed by atoms with Crippen LogP contribution in [0.1, 0.15) is 23.1 Å². The number of nitrogens with two attached hydrogens (primary N) is 1. The third-order valence-corrected chi connectivity index (χ3v) is 6.36. The molecular weight excluding hydrogens is 364 g/mol. The highest BCUT2D eigenvalue weighted by Gasteiger charge is 2.37. The summed E-state index contributed by atoms with van der Waals surface area (Å²) in [5.41, 5.74) is 10.2. The average Bonchev–Trinajstić information content (AvgIpc) is 2.74. The molecule has 3 N–H and O–H groups in total. The molecule has 0 spiro atoms. The second kappa shape index (κ2) is 8.21. The fourth-order valence-corrected chi connectivity index (χ4v) is 4.44. The lowest BCUT2D eigenvalue weighted by molar-refractivity contribution is -0.121. The molecule has 3 nitrogen and oxygen atoms in total. The molecule has 1 aliphatic rings. The van der Waals surface area contributed by atoms with Crippen molar-refractivity contribution in [3.05, 3.63) is 95.6 Å². The van der Waals surface area contributed by atoms with E-state index in [2.05, 4.69) is 41.7 Å². The Hall–Kier alpha value is -2.56. The lowest BCUT2D eigenvalue weighted by atomic mass is 9.78. The highest BCUT2D eigenvalue weighted by Crippen LogP contribution is 2.29. The minimum atomic E-state index is -0.852. The molecule has 142 valence electrons. The van der Waals surface area contributed by atoms with E-state index in [-0.39, 0.29) is 5.91 Å². The van der Waals surface area contributed by atoms with Crippen LogP contribution in [0.3, 0.4) is 0 Å². The number of benzene rings is 3. The summed E-state index contributed by atoms with van der Waals surface area (Å²) in [6, 6.07) is 26.6. The third kappa shape index (κ3) is 4.29. The Balaban J connectivity index is 1.37. The lowest BCUT2D eigenvalue weighted by Gasteiger charge is -2.33. The molecule has 1 unspecified atom stereocenters. The van der Waals surface area contributed by atoms with Gasteiger partial charge < -0.3 is 11.1 Å². The number of anilines is 1. The zero-order chi connectivity index (χ0) is 19.4. The molecule has 0 radical (unpaired) electrons. The van der Waals surface area contributed by atoms with E-state index in [1.165, 1.54) is 21.6 Å². The Morgan fingerprint density at radius 3 is 2.36 bits per heavy atom. The van der Waals surface area contributed by atoms with E-state index < -0.39 is 5.54 Å². The molecule has 1 amide bonds. The van der Waals surface area contributed by atoms with Crippen LogP contribution in [0.4, 0.5) is 5.69 Å². The van der Waals surface area contributed by atoms with Crippen molar-refractivity contribution < 1.29 is 4.79 Å². The number of hydrogen-bond acceptors (Lipinski definition) is 3. The fraction of sp³-hybridized carbons (Fsp3) is 0.208. The molecule has 4 rings (SSSR count). The summed E-state index contributed by atoms with van der Waals surface area (Å²) in [7, 11) is 0. The largest absolute Gasteiger partial charge is 0.324 e. The van der Waals surface area contributed by atoms with Crippen molar-refractivity contribution in [3.63, 3.8) is 0 Å². The zero-order valence-corrected chi connectivity index (χ0v) is 16.5. The van der Waals surface area contributed by atoms with Crippen LogP contribution in [0.15, 0.2) is 83.8 Å². The van der Waals surface area contributed by atoms with Crippen LogP contribution in [0, 0.1) is 0 Å². The van der Waals surface area contributed by atoms with Gasteiger partial charge in [-0.3, -0.25) is 4.79 Å². The summed E-state index contributed by atoms with van der Waals surface area (Å²) in [6.07, 6.45) is 2.09. The summed E-state index contributed by atoms with van der Waals surface area (Å²) in [5.74, 6) is 0.824. The molecule has 0 saturated heterocycles. The van der Waals surface area contributed by atoms with Crippen LogP contribution in [-0.2, 0) is 23.4 Å². The summed E-state index contributed by atoms with van der Waals surface area (Å²) in [4.78, 5) is 14.0. The van der Waals surface area contributed by atoms with Gasteiger partial charge in [0.15, 0.2) is 0 Å². The predicted molar refractivity (Wildman–Crippen MR) is 116 cm³/mol. The van der Waals surface area contributed by atoms with Gasteiger partial charge >= 0.3 is 0 Å². The Kier molecular flexibility index (Phi) is 5.51. The van der Waals surface area contributed by atoms with Crippen molar-refractivity contribution in [2.24, 2.45) is 5.73 Å². The molecule has 28 heavy (non-hydrogen) atoms. The van der Waals surface area contributed by atoms with E-state index >= 15 is 0 Å². The Labute approximate surface area is 170 Å². The summed E-state index contributed by atoms with van der Waals surface area (Å²) < 4.78 is 0. The minimum Gasteiger partial charge on any atom is -0.324 e. The van der Waals surface area contributed by atoms with Crippen LogP contribution in [-0.4, -0.2) is 11.4 Å². The number of carbonyl (C=O) groups excluding carboxylic acids is 1. The highest BCUT2D eigenvalue weighted by molar-refractivity contribution is 7.98. The van der Waals surface area contributed by atoms with Crippen molar-refractivity contribution >= 4 is 23.4 Å². The monoisotopic (exact) mass is 388 g/mol. The van der Waals surface area contributed by atoms with Crippen molar-refractivity contribution in [2.45, 2.75) is 35.4 Å². The van der Waals surface area contributed by atoms with Gasteiger partial charge in [-0.05, 0) is 60.2 Å². The quantitative estimate of drug-likeness (QED) is 0.617. The van der Waals surface area contributed by atoms with Gasteiger partial charge in [-0.25, -0.2) is 0 Å². The standard InChI is InChI=1S/C24H24N2OS/c25-24(15-14-19-8-4-5-9-20(19)16-24)23(27)26-21-10-12-22(13-11-21)28-17-18-6-2-1-3-7-18/h1-13H,14-17,25H2,(H,26,27). The van der Waals surface area contributed by atoms with Crippen molar-refractivity contribution in [1.82, 2.24) is 0 Å². The van der Waals surface area contributed by atoms with Gasteiger partial charge in [0.25, 0.3) is 0 Å². The first-order chi connectivity index (χ1) is 13.6. The van der Waals surface area contributed by atoms with Crippen molar-refractivity contribution in [2.75, 3.05) is 5.32 Å². The second-order valence-corrected chi connectivity index (χ2v) is 8.40. The van der Waals surface area contributed by atoms with Crippen LogP contribution in [0.25, 0.3) is 0 Å². The maximum absolute atomic E-state index is 12.9. The Morgan fingerprint density at radius 1 is 0.929 bits per heavy atom. The molecule has 4 heteroatoms. The number of nitrogens with one attached hydrogen (secondary N) is 1. The van der Waals surface area contributed by atoms with Gasteiger partial charge in [0.05, 0.1) is 0 Å². The van der Waals surface area contributed by atoms with Gasteiger partial charge in [-0.15, -0.1) is 11.8 Å². The smallest absolute Gasteiger partial charge is 0.244 e. The molecule has 0 aromatic heterocycles. The van der Waals surface area contributed by atoms with Gasteiger partial charge in [-0.2, -0.15) is 0 Å². The van der Waals surface area contributed by atoms with E-state index in [1.54, 1.807) is 11.8 Å².